The molecule has 1 heterocycles. The highest BCUT2D eigenvalue weighted by Crippen LogP contribution is 2.18. The zero-order chi connectivity index (χ0) is 16.7. The Morgan fingerprint density at radius 3 is 2.65 bits per heavy atom. The first kappa shape index (κ1) is 18.2. The van der Waals surface area contributed by atoms with Crippen LogP contribution in [0.1, 0.15) is 39.0 Å². The summed E-state index contributed by atoms with van der Waals surface area (Å²) >= 11 is 0. The smallest absolute Gasteiger partial charge is 0.240 e. The third-order valence-corrected chi connectivity index (χ3v) is 5.82. The zero-order valence-corrected chi connectivity index (χ0v) is 14.9. The van der Waals surface area contributed by atoms with E-state index in [9.17, 15) is 8.42 Å². The number of hydrogen-bond donors (Lipinski definition) is 1. The number of rotatable bonds is 9. The van der Waals surface area contributed by atoms with Gasteiger partial charge in [0, 0.05) is 12.6 Å². The van der Waals surface area contributed by atoms with E-state index in [1.165, 1.54) is 6.42 Å². The van der Waals surface area contributed by atoms with Crippen molar-refractivity contribution in [3.8, 4) is 5.75 Å². The maximum absolute atomic E-state index is 12.3. The van der Waals surface area contributed by atoms with Gasteiger partial charge in [-0.1, -0.05) is 13.3 Å². The summed E-state index contributed by atoms with van der Waals surface area (Å²) in [5.74, 6) is 0.713. The van der Waals surface area contributed by atoms with Crippen LogP contribution in [0.15, 0.2) is 29.2 Å². The molecular weight excluding hydrogens is 312 g/mol. The van der Waals surface area contributed by atoms with E-state index in [0.29, 0.717) is 29.8 Å². The molecule has 0 radical (unpaired) electrons. The van der Waals surface area contributed by atoms with Crippen LogP contribution < -0.4 is 9.46 Å². The van der Waals surface area contributed by atoms with E-state index in [1.54, 1.807) is 24.3 Å². The van der Waals surface area contributed by atoms with E-state index in [-0.39, 0.29) is 0 Å². The van der Waals surface area contributed by atoms with Crippen molar-refractivity contribution in [1.29, 1.82) is 0 Å². The molecule has 2 rings (SSSR count). The van der Waals surface area contributed by atoms with Gasteiger partial charge in [-0.25, -0.2) is 13.1 Å². The van der Waals surface area contributed by atoms with Crippen molar-refractivity contribution in [2.24, 2.45) is 0 Å². The Balaban J connectivity index is 1.83. The number of hydrogen-bond acceptors (Lipinski definition) is 4. The molecule has 0 aromatic heterocycles. The Kier molecular flexibility index (Phi) is 6.87. The van der Waals surface area contributed by atoms with Gasteiger partial charge < -0.3 is 9.64 Å². The predicted octanol–water partition coefficient (Wildman–Crippen LogP) is 2.63. The summed E-state index contributed by atoms with van der Waals surface area (Å²) in [6.07, 6.45) is 5.28. The SMILES string of the molecule is CCCCOc1ccc(S(=O)(=O)NCCC2CCCN2C)cc1. The molecule has 6 heteroatoms. The minimum absolute atomic E-state index is 0.292. The number of nitrogens with one attached hydrogen (secondary N) is 1. The molecule has 23 heavy (non-hydrogen) atoms. The first-order valence-electron chi connectivity index (χ1n) is 8.45. The molecule has 0 saturated carbocycles. The number of benzene rings is 1. The molecule has 0 aliphatic carbocycles. The fraction of sp³-hybridized carbons (Fsp3) is 0.647. The lowest BCUT2D eigenvalue weighted by atomic mass is 10.1. The highest BCUT2D eigenvalue weighted by Gasteiger charge is 2.21. The van der Waals surface area contributed by atoms with Crippen LogP contribution in [0.5, 0.6) is 5.75 Å². The molecule has 1 unspecified atom stereocenters. The van der Waals surface area contributed by atoms with E-state index in [0.717, 1.165) is 32.2 Å². The van der Waals surface area contributed by atoms with E-state index in [2.05, 4.69) is 23.6 Å². The maximum atomic E-state index is 12.3. The minimum atomic E-state index is -3.44. The van der Waals surface area contributed by atoms with Crippen molar-refractivity contribution in [2.45, 2.75) is 50.0 Å². The van der Waals surface area contributed by atoms with Gasteiger partial charge in [0.15, 0.2) is 0 Å². The summed E-state index contributed by atoms with van der Waals surface area (Å²) < 4.78 is 32.8. The van der Waals surface area contributed by atoms with Gasteiger partial charge in [-0.05, 0) is 63.5 Å². The van der Waals surface area contributed by atoms with Crippen molar-refractivity contribution in [3.63, 3.8) is 0 Å². The summed E-state index contributed by atoms with van der Waals surface area (Å²) in [7, 11) is -1.33. The molecule has 0 amide bonds. The molecule has 0 spiro atoms. The summed E-state index contributed by atoms with van der Waals surface area (Å²) in [5, 5.41) is 0. The fourth-order valence-electron chi connectivity index (χ4n) is 2.84. The minimum Gasteiger partial charge on any atom is -0.494 e. The largest absolute Gasteiger partial charge is 0.494 e. The van der Waals surface area contributed by atoms with Gasteiger partial charge in [-0.2, -0.15) is 0 Å². The van der Waals surface area contributed by atoms with Gasteiger partial charge >= 0.3 is 0 Å². The Hall–Kier alpha value is -1.11. The van der Waals surface area contributed by atoms with Crippen LogP contribution in [0.3, 0.4) is 0 Å². The summed E-state index contributed by atoms with van der Waals surface area (Å²) in [6.45, 7) is 4.35. The lowest BCUT2D eigenvalue weighted by Gasteiger charge is -2.19. The third-order valence-electron chi connectivity index (χ3n) is 4.34. The van der Waals surface area contributed by atoms with Crippen LogP contribution in [0.2, 0.25) is 0 Å². The zero-order valence-electron chi connectivity index (χ0n) is 14.1. The first-order valence-corrected chi connectivity index (χ1v) is 9.94. The van der Waals surface area contributed by atoms with Crippen molar-refractivity contribution < 1.29 is 13.2 Å². The Bertz CT molecular complexity index is 572. The quantitative estimate of drug-likeness (QED) is 0.702. The molecule has 5 nitrogen and oxygen atoms in total. The summed E-state index contributed by atoms with van der Waals surface area (Å²) in [4.78, 5) is 2.59. The molecule has 1 saturated heterocycles. The first-order chi connectivity index (χ1) is 11.0. The molecule has 130 valence electrons. The Morgan fingerprint density at radius 1 is 1.30 bits per heavy atom. The molecule has 1 atom stereocenters. The van der Waals surface area contributed by atoms with Crippen molar-refractivity contribution in [1.82, 2.24) is 9.62 Å². The second-order valence-electron chi connectivity index (χ2n) is 6.14. The molecule has 1 aromatic rings. The van der Waals surface area contributed by atoms with E-state index in [1.807, 2.05) is 0 Å². The number of likely N-dealkylation sites (tertiary alicyclic amines) is 1. The lowest BCUT2D eigenvalue weighted by Crippen LogP contribution is -2.31. The second-order valence-corrected chi connectivity index (χ2v) is 7.90. The van der Waals surface area contributed by atoms with E-state index >= 15 is 0 Å². The van der Waals surface area contributed by atoms with Crippen molar-refractivity contribution in [3.05, 3.63) is 24.3 Å². The normalized spacial score (nSPS) is 19.1. The lowest BCUT2D eigenvalue weighted by molar-refractivity contribution is 0.297. The average molecular weight is 340 g/mol. The van der Waals surface area contributed by atoms with Crippen LogP contribution in [0, 0.1) is 0 Å². The number of ether oxygens (including phenoxy) is 1. The van der Waals surface area contributed by atoms with Crippen molar-refractivity contribution >= 4 is 10.0 Å². The van der Waals surface area contributed by atoms with Gasteiger partial charge in [0.05, 0.1) is 11.5 Å². The number of nitrogens with zero attached hydrogens (tertiary/aromatic N) is 1. The molecule has 1 N–H and O–H groups in total. The van der Waals surface area contributed by atoms with Crippen molar-refractivity contribution in [2.75, 3.05) is 26.7 Å². The van der Waals surface area contributed by atoms with Crippen LogP contribution in [0.25, 0.3) is 0 Å². The van der Waals surface area contributed by atoms with Gasteiger partial charge in [-0.3, -0.25) is 0 Å². The van der Waals surface area contributed by atoms with Gasteiger partial charge in [0.2, 0.25) is 10.0 Å². The van der Waals surface area contributed by atoms with E-state index < -0.39 is 10.0 Å². The number of unbranched alkanes of at least 4 members (excludes halogenated alkanes) is 1. The third kappa shape index (κ3) is 5.48. The molecule has 1 fully saturated rings. The monoisotopic (exact) mass is 340 g/mol. The van der Waals surface area contributed by atoms with Gasteiger partial charge in [0.25, 0.3) is 0 Å². The predicted molar refractivity (Wildman–Crippen MR) is 92.3 cm³/mol. The Labute approximate surface area is 140 Å². The number of sulfonamides is 1. The standard InChI is InChI=1S/C17H28N2O3S/c1-3-4-14-22-16-7-9-17(10-8-16)23(20,21)18-12-11-15-6-5-13-19(15)2/h7-10,15,18H,3-6,11-14H2,1-2H3. The highest BCUT2D eigenvalue weighted by molar-refractivity contribution is 7.89. The van der Waals surface area contributed by atoms with Gasteiger partial charge in [0.1, 0.15) is 5.75 Å². The van der Waals surface area contributed by atoms with Crippen LogP contribution >= 0.6 is 0 Å². The Morgan fingerprint density at radius 2 is 2.04 bits per heavy atom. The van der Waals surface area contributed by atoms with Crippen LogP contribution in [-0.2, 0) is 10.0 Å². The molecule has 1 aromatic carbocycles. The molecular formula is C17H28N2O3S. The van der Waals surface area contributed by atoms with Crippen LogP contribution in [-0.4, -0.2) is 46.1 Å². The molecule has 1 aliphatic rings. The highest BCUT2D eigenvalue weighted by atomic mass is 32.2. The average Bonchev–Trinajstić information content (AvgIpc) is 2.93. The second kappa shape index (κ2) is 8.66. The summed E-state index contributed by atoms with van der Waals surface area (Å²) in [5.41, 5.74) is 0. The van der Waals surface area contributed by atoms with Gasteiger partial charge in [-0.15, -0.1) is 0 Å². The molecule has 0 bridgehead atoms. The summed E-state index contributed by atoms with van der Waals surface area (Å²) in [6, 6.07) is 7.13. The maximum Gasteiger partial charge on any atom is 0.240 e. The molecule has 1 aliphatic heterocycles. The van der Waals surface area contributed by atoms with E-state index in [4.69, 9.17) is 4.74 Å². The van der Waals surface area contributed by atoms with Crippen LogP contribution in [0.4, 0.5) is 0 Å². The fourth-order valence-corrected chi connectivity index (χ4v) is 3.88. The topological polar surface area (TPSA) is 58.6 Å².